The van der Waals surface area contributed by atoms with Crippen LogP contribution in [0, 0.1) is 11.8 Å². The molecule has 0 spiro atoms. The van der Waals surface area contributed by atoms with Crippen molar-refractivity contribution < 1.29 is 19.1 Å². The summed E-state index contributed by atoms with van der Waals surface area (Å²) in [5.41, 5.74) is 6.45. The Morgan fingerprint density at radius 2 is 1.50 bits per heavy atom. The zero-order valence-corrected chi connectivity index (χ0v) is 14.2. The largest absolute Gasteiger partial charge is 0.422 e. The number of rotatable bonds is 6. The van der Waals surface area contributed by atoms with E-state index in [-0.39, 0.29) is 47.7 Å². The highest BCUT2D eigenvalue weighted by molar-refractivity contribution is 5.85. The molecule has 0 radical (unpaired) electrons. The molecule has 22 heavy (non-hydrogen) atoms. The van der Waals surface area contributed by atoms with Gasteiger partial charge in [-0.2, -0.15) is 0 Å². The van der Waals surface area contributed by atoms with Crippen LogP contribution in [0.25, 0.3) is 0 Å². The number of hydrogen-bond donors (Lipinski definition) is 1. The monoisotopic (exact) mass is 329 g/mol. The smallest absolute Gasteiger partial charge is 0.313 e. The molecule has 0 saturated carbocycles. The maximum atomic E-state index is 11.8. The molecule has 0 bridgehead atoms. The van der Waals surface area contributed by atoms with Gasteiger partial charge in [0.15, 0.2) is 11.5 Å². The van der Waals surface area contributed by atoms with Crippen molar-refractivity contribution in [2.75, 3.05) is 6.54 Å². The van der Waals surface area contributed by atoms with Crippen molar-refractivity contribution in [1.29, 1.82) is 0 Å². The topological polar surface area (TPSA) is 78.6 Å². The SMILES string of the molecule is CC(C)C(=O)Oc1ccc(CCN)cc1OC(=O)C(C)C.Cl. The lowest BCUT2D eigenvalue weighted by molar-refractivity contribution is -0.140. The minimum Gasteiger partial charge on any atom is -0.422 e. The second kappa shape index (κ2) is 9.43. The summed E-state index contributed by atoms with van der Waals surface area (Å²) in [6, 6.07) is 5.13. The lowest BCUT2D eigenvalue weighted by Gasteiger charge is -2.14. The normalized spacial score (nSPS) is 10.3. The van der Waals surface area contributed by atoms with Gasteiger partial charge in [-0.25, -0.2) is 0 Å². The van der Waals surface area contributed by atoms with Crippen molar-refractivity contribution in [2.24, 2.45) is 17.6 Å². The Kier molecular flexibility index (Phi) is 8.75. The second-order valence-electron chi connectivity index (χ2n) is 5.47. The Balaban J connectivity index is 0.00000441. The van der Waals surface area contributed by atoms with Crippen molar-refractivity contribution in [1.82, 2.24) is 0 Å². The van der Waals surface area contributed by atoms with Crippen LogP contribution in [0.15, 0.2) is 18.2 Å². The summed E-state index contributed by atoms with van der Waals surface area (Å²) in [6.07, 6.45) is 0.657. The van der Waals surface area contributed by atoms with Crippen LogP contribution in [0.5, 0.6) is 11.5 Å². The summed E-state index contributed by atoms with van der Waals surface area (Å²) in [5.74, 6) is -0.763. The molecule has 0 amide bonds. The van der Waals surface area contributed by atoms with Gasteiger partial charge in [0.2, 0.25) is 0 Å². The fourth-order valence-corrected chi connectivity index (χ4v) is 1.49. The molecular formula is C16H24ClNO4. The molecule has 0 aliphatic heterocycles. The second-order valence-corrected chi connectivity index (χ2v) is 5.47. The molecule has 1 aromatic carbocycles. The number of esters is 2. The van der Waals surface area contributed by atoms with E-state index in [1.807, 2.05) is 6.07 Å². The molecular weight excluding hydrogens is 306 g/mol. The lowest BCUT2D eigenvalue weighted by Crippen LogP contribution is -2.18. The Hall–Kier alpha value is -1.59. The molecule has 0 unspecified atom stereocenters. The summed E-state index contributed by atoms with van der Waals surface area (Å²) in [6.45, 7) is 7.45. The van der Waals surface area contributed by atoms with E-state index in [9.17, 15) is 9.59 Å². The number of hydrogen-bond acceptors (Lipinski definition) is 5. The van der Waals surface area contributed by atoms with Gasteiger partial charge in [-0.15, -0.1) is 12.4 Å². The molecule has 0 fully saturated rings. The fourth-order valence-electron chi connectivity index (χ4n) is 1.49. The third kappa shape index (κ3) is 6.03. The average Bonchev–Trinajstić information content (AvgIpc) is 2.41. The summed E-state index contributed by atoms with van der Waals surface area (Å²) in [7, 11) is 0. The van der Waals surface area contributed by atoms with E-state index in [0.717, 1.165) is 5.56 Å². The van der Waals surface area contributed by atoms with Crippen LogP contribution < -0.4 is 15.2 Å². The van der Waals surface area contributed by atoms with Gasteiger partial charge >= 0.3 is 11.9 Å². The number of carbonyl (C=O) groups excluding carboxylic acids is 2. The minimum absolute atomic E-state index is 0. The molecule has 0 aliphatic rings. The first-order chi connectivity index (χ1) is 9.85. The maximum absolute atomic E-state index is 11.8. The predicted octanol–water partition coefficient (Wildman–Crippen LogP) is 2.73. The first-order valence-electron chi connectivity index (χ1n) is 7.11. The van der Waals surface area contributed by atoms with Crippen molar-refractivity contribution in [3.8, 4) is 11.5 Å². The van der Waals surface area contributed by atoms with Crippen LogP contribution >= 0.6 is 12.4 Å². The molecule has 2 N–H and O–H groups in total. The number of halogens is 1. The highest BCUT2D eigenvalue weighted by Gasteiger charge is 2.18. The van der Waals surface area contributed by atoms with Gasteiger partial charge in [0.25, 0.3) is 0 Å². The van der Waals surface area contributed by atoms with Crippen LogP contribution in [0.3, 0.4) is 0 Å². The van der Waals surface area contributed by atoms with E-state index in [0.29, 0.717) is 13.0 Å². The van der Waals surface area contributed by atoms with Gasteiger partial charge in [-0.3, -0.25) is 9.59 Å². The van der Waals surface area contributed by atoms with Crippen LogP contribution in [0.2, 0.25) is 0 Å². The first kappa shape index (κ1) is 20.4. The number of benzene rings is 1. The van der Waals surface area contributed by atoms with Gasteiger partial charge < -0.3 is 15.2 Å². The highest BCUT2D eigenvalue weighted by Crippen LogP contribution is 2.30. The predicted molar refractivity (Wildman–Crippen MR) is 87.4 cm³/mol. The quantitative estimate of drug-likeness (QED) is 0.641. The Morgan fingerprint density at radius 3 is 1.95 bits per heavy atom. The van der Waals surface area contributed by atoms with Crippen LogP contribution in [0.1, 0.15) is 33.3 Å². The molecule has 0 atom stereocenters. The Bertz CT molecular complexity index is 515. The van der Waals surface area contributed by atoms with Gasteiger partial charge in [0.1, 0.15) is 0 Å². The van der Waals surface area contributed by atoms with Crippen molar-refractivity contribution in [2.45, 2.75) is 34.1 Å². The van der Waals surface area contributed by atoms with Gasteiger partial charge in [0.05, 0.1) is 11.8 Å². The highest BCUT2D eigenvalue weighted by atomic mass is 35.5. The van der Waals surface area contributed by atoms with Gasteiger partial charge in [-0.05, 0) is 30.7 Å². The van der Waals surface area contributed by atoms with Gasteiger partial charge in [0, 0.05) is 0 Å². The van der Waals surface area contributed by atoms with E-state index in [2.05, 4.69) is 0 Å². The zero-order valence-electron chi connectivity index (χ0n) is 13.4. The Labute approximate surface area is 137 Å². The van der Waals surface area contributed by atoms with E-state index in [4.69, 9.17) is 15.2 Å². The molecule has 124 valence electrons. The molecule has 0 saturated heterocycles. The molecule has 1 aromatic rings. The van der Waals surface area contributed by atoms with Gasteiger partial charge in [-0.1, -0.05) is 33.8 Å². The van der Waals surface area contributed by atoms with Crippen LogP contribution in [-0.2, 0) is 16.0 Å². The Morgan fingerprint density at radius 1 is 1.00 bits per heavy atom. The molecule has 0 heterocycles. The summed E-state index contributed by atoms with van der Waals surface area (Å²) < 4.78 is 10.6. The lowest BCUT2D eigenvalue weighted by atomic mass is 10.1. The third-order valence-electron chi connectivity index (χ3n) is 2.81. The summed E-state index contributed by atoms with van der Waals surface area (Å²) >= 11 is 0. The first-order valence-corrected chi connectivity index (χ1v) is 7.11. The number of ether oxygens (including phenoxy) is 2. The average molecular weight is 330 g/mol. The molecule has 5 nitrogen and oxygen atoms in total. The molecule has 0 aliphatic carbocycles. The van der Waals surface area contributed by atoms with Crippen molar-refractivity contribution >= 4 is 24.3 Å². The van der Waals surface area contributed by atoms with Crippen LogP contribution in [-0.4, -0.2) is 18.5 Å². The summed E-state index contributed by atoms with van der Waals surface area (Å²) in [4.78, 5) is 23.5. The van der Waals surface area contributed by atoms with E-state index in [1.54, 1.807) is 39.8 Å². The minimum atomic E-state index is -0.373. The zero-order chi connectivity index (χ0) is 16.0. The van der Waals surface area contributed by atoms with E-state index in [1.165, 1.54) is 0 Å². The number of carbonyl (C=O) groups is 2. The molecule has 0 aromatic heterocycles. The van der Waals surface area contributed by atoms with E-state index >= 15 is 0 Å². The van der Waals surface area contributed by atoms with Crippen molar-refractivity contribution in [3.63, 3.8) is 0 Å². The maximum Gasteiger partial charge on any atom is 0.313 e. The van der Waals surface area contributed by atoms with E-state index < -0.39 is 0 Å². The van der Waals surface area contributed by atoms with Crippen molar-refractivity contribution in [3.05, 3.63) is 23.8 Å². The summed E-state index contributed by atoms with van der Waals surface area (Å²) in [5, 5.41) is 0. The third-order valence-corrected chi connectivity index (χ3v) is 2.81. The molecule has 1 rings (SSSR count). The van der Waals surface area contributed by atoms with Crippen LogP contribution in [0.4, 0.5) is 0 Å². The molecule has 6 heteroatoms. The number of nitrogens with two attached hydrogens (primary N) is 1. The fraction of sp³-hybridized carbons (Fsp3) is 0.500. The standard InChI is InChI=1S/C16H23NO4.ClH/c1-10(2)15(18)20-13-6-5-12(7-8-17)9-14(13)21-16(19)11(3)4;/h5-6,9-11H,7-8,17H2,1-4H3;1H.